The SMILES string of the molecule is CNC1CCCCc2c1cnn2-c1ccc(C)cc1. The van der Waals surface area contributed by atoms with Gasteiger partial charge in [0.05, 0.1) is 11.9 Å². The third kappa shape index (κ3) is 2.30. The van der Waals surface area contributed by atoms with Gasteiger partial charge in [-0.25, -0.2) is 4.68 Å². The minimum absolute atomic E-state index is 0.455. The van der Waals surface area contributed by atoms with Crippen molar-refractivity contribution in [2.75, 3.05) is 7.05 Å². The van der Waals surface area contributed by atoms with E-state index in [0.29, 0.717) is 6.04 Å². The van der Waals surface area contributed by atoms with Crippen LogP contribution in [0.25, 0.3) is 5.69 Å². The van der Waals surface area contributed by atoms with E-state index in [1.54, 1.807) is 0 Å². The molecule has 1 aromatic carbocycles. The van der Waals surface area contributed by atoms with Crippen LogP contribution in [0.3, 0.4) is 0 Å². The first kappa shape index (κ1) is 12.4. The highest BCUT2D eigenvalue weighted by Gasteiger charge is 2.21. The Kier molecular flexibility index (Phi) is 3.38. The van der Waals surface area contributed by atoms with Crippen molar-refractivity contribution in [3.8, 4) is 5.69 Å². The van der Waals surface area contributed by atoms with Crippen LogP contribution < -0.4 is 5.32 Å². The molecule has 0 radical (unpaired) electrons. The van der Waals surface area contributed by atoms with E-state index in [4.69, 9.17) is 0 Å². The lowest BCUT2D eigenvalue weighted by atomic mass is 10.1. The van der Waals surface area contributed by atoms with Gasteiger partial charge in [-0.3, -0.25) is 0 Å². The van der Waals surface area contributed by atoms with Crippen molar-refractivity contribution >= 4 is 0 Å². The maximum atomic E-state index is 4.61. The fourth-order valence-electron chi connectivity index (χ4n) is 2.93. The fourth-order valence-corrected chi connectivity index (χ4v) is 2.93. The Hall–Kier alpha value is -1.61. The number of rotatable bonds is 2. The van der Waals surface area contributed by atoms with Gasteiger partial charge in [-0.05, 0) is 45.4 Å². The number of nitrogens with one attached hydrogen (secondary N) is 1. The molecule has 1 aromatic heterocycles. The molecule has 0 aliphatic heterocycles. The first-order chi connectivity index (χ1) is 9.29. The van der Waals surface area contributed by atoms with Gasteiger partial charge in [-0.1, -0.05) is 24.1 Å². The number of hydrogen-bond donors (Lipinski definition) is 1. The van der Waals surface area contributed by atoms with Gasteiger partial charge in [0.25, 0.3) is 0 Å². The zero-order valence-corrected chi connectivity index (χ0v) is 11.7. The summed E-state index contributed by atoms with van der Waals surface area (Å²) in [5.41, 5.74) is 5.21. The van der Waals surface area contributed by atoms with Gasteiger partial charge >= 0.3 is 0 Å². The molecule has 100 valence electrons. The van der Waals surface area contributed by atoms with E-state index in [9.17, 15) is 0 Å². The lowest BCUT2D eigenvalue weighted by Crippen LogP contribution is -2.16. The highest BCUT2D eigenvalue weighted by atomic mass is 15.3. The maximum absolute atomic E-state index is 4.61. The summed E-state index contributed by atoms with van der Waals surface area (Å²) < 4.78 is 2.12. The summed E-state index contributed by atoms with van der Waals surface area (Å²) in [5.74, 6) is 0. The van der Waals surface area contributed by atoms with E-state index in [1.165, 1.54) is 41.8 Å². The summed E-state index contributed by atoms with van der Waals surface area (Å²) in [5, 5.41) is 8.03. The molecule has 0 fully saturated rings. The molecule has 1 aliphatic carbocycles. The topological polar surface area (TPSA) is 29.9 Å². The molecule has 1 unspecified atom stereocenters. The monoisotopic (exact) mass is 255 g/mol. The minimum Gasteiger partial charge on any atom is -0.313 e. The number of aryl methyl sites for hydroxylation is 1. The molecular weight excluding hydrogens is 234 g/mol. The van der Waals surface area contributed by atoms with E-state index in [0.717, 1.165) is 6.42 Å². The lowest BCUT2D eigenvalue weighted by Gasteiger charge is -2.13. The molecule has 0 spiro atoms. The molecule has 1 aliphatic rings. The molecule has 2 aromatic rings. The van der Waals surface area contributed by atoms with Crippen molar-refractivity contribution in [1.82, 2.24) is 15.1 Å². The second kappa shape index (κ2) is 5.17. The van der Waals surface area contributed by atoms with Crippen molar-refractivity contribution in [2.45, 2.75) is 38.6 Å². The summed E-state index contributed by atoms with van der Waals surface area (Å²) in [6, 6.07) is 9.06. The van der Waals surface area contributed by atoms with E-state index < -0.39 is 0 Å². The summed E-state index contributed by atoms with van der Waals surface area (Å²) in [7, 11) is 2.04. The summed E-state index contributed by atoms with van der Waals surface area (Å²) in [6.07, 6.45) is 6.92. The van der Waals surface area contributed by atoms with Gasteiger partial charge in [0.2, 0.25) is 0 Å². The number of benzene rings is 1. The average Bonchev–Trinajstić information content (AvgIpc) is 2.73. The zero-order valence-electron chi connectivity index (χ0n) is 11.7. The molecule has 0 saturated heterocycles. The third-order valence-corrected chi connectivity index (χ3v) is 4.06. The van der Waals surface area contributed by atoms with Gasteiger partial charge in [-0.15, -0.1) is 0 Å². The van der Waals surface area contributed by atoms with Gasteiger partial charge in [0.15, 0.2) is 0 Å². The first-order valence-corrected chi connectivity index (χ1v) is 7.10. The molecule has 3 nitrogen and oxygen atoms in total. The molecule has 3 rings (SSSR count). The molecule has 1 atom stereocenters. The van der Waals surface area contributed by atoms with Crippen molar-refractivity contribution in [3.05, 3.63) is 47.3 Å². The third-order valence-electron chi connectivity index (χ3n) is 4.06. The second-order valence-electron chi connectivity index (χ2n) is 5.38. The lowest BCUT2D eigenvalue weighted by molar-refractivity contribution is 0.533. The molecule has 3 heteroatoms. The van der Waals surface area contributed by atoms with Crippen LogP contribution in [0.4, 0.5) is 0 Å². The van der Waals surface area contributed by atoms with Crippen molar-refractivity contribution in [1.29, 1.82) is 0 Å². The number of aromatic nitrogens is 2. The Morgan fingerprint density at radius 3 is 2.74 bits per heavy atom. The van der Waals surface area contributed by atoms with Gasteiger partial charge < -0.3 is 5.32 Å². The first-order valence-electron chi connectivity index (χ1n) is 7.10. The van der Waals surface area contributed by atoms with Crippen molar-refractivity contribution < 1.29 is 0 Å². The number of nitrogens with zero attached hydrogens (tertiary/aromatic N) is 2. The van der Waals surface area contributed by atoms with Crippen molar-refractivity contribution in [2.24, 2.45) is 0 Å². The van der Waals surface area contributed by atoms with Crippen LogP contribution >= 0.6 is 0 Å². The maximum Gasteiger partial charge on any atom is 0.0649 e. The standard InChI is InChI=1S/C16H21N3/c1-12-7-9-13(10-8-12)19-16-6-4-3-5-15(17-2)14(16)11-18-19/h7-11,15,17H,3-6H2,1-2H3. The molecular formula is C16H21N3. The largest absolute Gasteiger partial charge is 0.313 e. The quantitative estimate of drug-likeness (QED) is 0.835. The fraction of sp³-hybridized carbons (Fsp3) is 0.438. The highest BCUT2D eigenvalue weighted by molar-refractivity contribution is 5.38. The Balaban J connectivity index is 2.04. The molecule has 0 bridgehead atoms. The number of fused-ring (bicyclic) bond motifs is 1. The molecule has 1 heterocycles. The smallest absolute Gasteiger partial charge is 0.0649 e. The predicted octanol–water partition coefficient (Wildman–Crippen LogP) is 3.17. The van der Waals surface area contributed by atoms with Crippen LogP contribution in [-0.4, -0.2) is 16.8 Å². The normalized spacial score (nSPS) is 18.9. The van der Waals surface area contributed by atoms with E-state index in [2.05, 4.69) is 46.3 Å². The summed E-state index contributed by atoms with van der Waals surface area (Å²) >= 11 is 0. The molecule has 1 N–H and O–H groups in total. The van der Waals surface area contributed by atoms with Crippen LogP contribution in [-0.2, 0) is 6.42 Å². The van der Waals surface area contributed by atoms with Crippen LogP contribution in [0.15, 0.2) is 30.5 Å². The van der Waals surface area contributed by atoms with E-state index in [-0.39, 0.29) is 0 Å². The zero-order chi connectivity index (χ0) is 13.2. The Morgan fingerprint density at radius 2 is 2.00 bits per heavy atom. The van der Waals surface area contributed by atoms with Gasteiger partial charge in [0.1, 0.15) is 0 Å². The predicted molar refractivity (Wildman–Crippen MR) is 77.7 cm³/mol. The van der Waals surface area contributed by atoms with E-state index in [1.807, 2.05) is 13.2 Å². The van der Waals surface area contributed by atoms with Crippen molar-refractivity contribution in [3.63, 3.8) is 0 Å². The minimum atomic E-state index is 0.455. The summed E-state index contributed by atoms with van der Waals surface area (Å²) in [4.78, 5) is 0. The molecule has 0 amide bonds. The molecule has 19 heavy (non-hydrogen) atoms. The Labute approximate surface area is 114 Å². The average molecular weight is 255 g/mol. The second-order valence-corrected chi connectivity index (χ2v) is 5.38. The van der Waals surface area contributed by atoms with Crippen LogP contribution in [0.1, 0.15) is 42.1 Å². The van der Waals surface area contributed by atoms with Gasteiger partial charge in [0, 0.05) is 17.3 Å². The van der Waals surface area contributed by atoms with Crippen LogP contribution in [0.2, 0.25) is 0 Å². The highest BCUT2D eigenvalue weighted by Crippen LogP contribution is 2.29. The molecule has 0 saturated carbocycles. The van der Waals surface area contributed by atoms with Gasteiger partial charge in [-0.2, -0.15) is 5.10 Å². The van der Waals surface area contributed by atoms with Crippen LogP contribution in [0, 0.1) is 6.92 Å². The van der Waals surface area contributed by atoms with E-state index >= 15 is 0 Å². The number of hydrogen-bond acceptors (Lipinski definition) is 2. The Morgan fingerprint density at radius 1 is 1.21 bits per heavy atom. The summed E-state index contributed by atoms with van der Waals surface area (Å²) in [6.45, 7) is 2.12. The Bertz CT molecular complexity index is 554. The van der Waals surface area contributed by atoms with Crippen LogP contribution in [0.5, 0.6) is 0 Å².